The van der Waals surface area contributed by atoms with Crippen molar-refractivity contribution < 1.29 is 0 Å². The van der Waals surface area contributed by atoms with Gasteiger partial charge in [0.1, 0.15) is 0 Å². The first-order valence-corrected chi connectivity index (χ1v) is 11.8. The lowest BCUT2D eigenvalue weighted by Gasteiger charge is -2.44. The molecule has 0 nitrogen and oxygen atoms in total. The van der Waals surface area contributed by atoms with Crippen molar-refractivity contribution in [2.45, 2.75) is 75.7 Å². The molecule has 0 N–H and O–H groups in total. The van der Waals surface area contributed by atoms with Crippen LogP contribution >= 0.6 is 0 Å². The molecule has 0 aliphatic heterocycles. The molecule has 1 spiro atoms. The summed E-state index contributed by atoms with van der Waals surface area (Å²) in [7, 11) is 0. The summed E-state index contributed by atoms with van der Waals surface area (Å²) in [6, 6.07) is 27.0. The molecule has 0 amide bonds. The predicted molar refractivity (Wildman–Crippen MR) is 158 cm³/mol. The van der Waals surface area contributed by atoms with Gasteiger partial charge < -0.3 is 0 Å². The summed E-state index contributed by atoms with van der Waals surface area (Å²) in [5.41, 5.74) is 9.61. The van der Waals surface area contributed by atoms with E-state index in [0.29, 0.717) is 0 Å². The van der Waals surface area contributed by atoms with Crippen molar-refractivity contribution in [2.24, 2.45) is 5.41 Å². The highest BCUT2D eigenvalue weighted by atomic mass is 14.6. The smallest absolute Gasteiger partial charge is 0.0566 e. The maximum atomic E-state index is 4.14. The number of fused-ring (bicyclic) bond motifs is 7. The van der Waals surface area contributed by atoms with Crippen LogP contribution in [0, 0.1) is 5.41 Å². The van der Waals surface area contributed by atoms with Crippen LogP contribution in [-0.2, 0) is 5.41 Å². The van der Waals surface area contributed by atoms with E-state index in [0.717, 1.165) is 6.42 Å². The zero-order chi connectivity index (χ0) is 22.6. The minimum absolute atomic E-state index is 0. The van der Waals surface area contributed by atoms with Crippen molar-refractivity contribution in [2.75, 3.05) is 0 Å². The van der Waals surface area contributed by atoms with E-state index in [-0.39, 0.29) is 33.1 Å². The van der Waals surface area contributed by atoms with Gasteiger partial charge in [0.05, 0.1) is 5.41 Å². The van der Waals surface area contributed by atoms with Crippen LogP contribution < -0.4 is 0 Å². The summed E-state index contributed by atoms with van der Waals surface area (Å²) in [6.45, 7) is 16.8. The van der Waals surface area contributed by atoms with Crippen LogP contribution in [0.4, 0.5) is 0 Å². The summed E-state index contributed by atoms with van der Waals surface area (Å²) in [4.78, 5) is 0. The minimum Gasteiger partial charge on any atom is -0.103 e. The molecule has 184 valence electrons. The molecule has 0 saturated carbocycles. The lowest BCUT2D eigenvalue weighted by molar-refractivity contribution is 0.329. The number of rotatable bonds is 2. The van der Waals surface area contributed by atoms with E-state index >= 15 is 0 Å². The molecule has 1 unspecified atom stereocenters. The van der Waals surface area contributed by atoms with Gasteiger partial charge in [0, 0.05) is 5.41 Å². The van der Waals surface area contributed by atoms with Gasteiger partial charge in [-0.1, -0.05) is 142 Å². The quantitative estimate of drug-likeness (QED) is 0.336. The molecule has 0 aromatic heterocycles. The molecular weight excluding hydrogens is 408 g/mol. The fourth-order valence-electron chi connectivity index (χ4n) is 5.99. The van der Waals surface area contributed by atoms with Gasteiger partial charge >= 0.3 is 0 Å². The molecule has 0 heterocycles. The van der Waals surface area contributed by atoms with Gasteiger partial charge in [0.2, 0.25) is 0 Å². The first-order chi connectivity index (χ1) is 15.2. The Labute approximate surface area is 211 Å². The van der Waals surface area contributed by atoms with E-state index in [4.69, 9.17) is 0 Å². The Kier molecular flexibility index (Phi) is 11.5. The Morgan fingerprint density at radius 2 is 1.00 bits per heavy atom. The summed E-state index contributed by atoms with van der Waals surface area (Å²) in [6.07, 6.45) is 5.35. The number of hydrogen-bond acceptors (Lipinski definition) is 0. The summed E-state index contributed by atoms with van der Waals surface area (Å²) < 4.78 is 0. The Hall–Kier alpha value is -2.86. The van der Waals surface area contributed by atoms with Gasteiger partial charge in [-0.25, -0.2) is 0 Å². The standard InChI is InChI=1S/C27H24.2C2H6.3CH4/c1-4-18-26(3)22(5-2)21-14-8-11-17-25(21)27(26)23-15-9-6-12-19(23)20-13-7-10-16-24(20)27;2*1-2;;;/h4-17H,1,18H2,2-3H3;2*1-2H3;3*1H4/b22-5-;;;;;. The first-order valence-electron chi connectivity index (χ1n) is 11.8. The second-order valence-corrected chi connectivity index (χ2v) is 7.91. The second kappa shape index (κ2) is 12.6. The highest BCUT2D eigenvalue weighted by molar-refractivity contribution is 5.93. The molecular formula is C34H48. The summed E-state index contributed by atoms with van der Waals surface area (Å²) >= 11 is 0. The minimum atomic E-state index is -0.174. The van der Waals surface area contributed by atoms with Crippen LogP contribution in [0.2, 0.25) is 0 Å². The van der Waals surface area contributed by atoms with Crippen LogP contribution in [0.3, 0.4) is 0 Å². The fourth-order valence-corrected chi connectivity index (χ4v) is 5.99. The lowest BCUT2D eigenvalue weighted by Crippen LogP contribution is -2.40. The van der Waals surface area contributed by atoms with Crippen LogP contribution in [0.25, 0.3) is 16.7 Å². The molecule has 0 heteroatoms. The maximum absolute atomic E-state index is 4.14. The average Bonchev–Trinajstić information content (AvgIpc) is 3.26. The molecule has 34 heavy (non-hydrogen) atoms. The van der Waals surface area contributed by atoms with Crippen LogP contribution in [0.15, 0.2) is 91.5 Å². The molecule has 1 atom stereocenters. The Morgan fingerprint density at radius 1 is 0.647 bits per heavy atom. The van der Waals surface area contributed by atoms with E-state index < -0.39 is 0 Å². The van der Waals surface area contributed by atoms with Gasteiger partial charge in [-0.3, -0.25) is 0 Å². The topological polar surface area (TPSA) is 0 Å². The normalized spacial score (nSPS) is 18.2. The second-order valence-electron chi connectivity index (χ2n) is 7.91. The van der Waals surface area contributed by atoms with Crippen LogP contribution in [0.1, 0.15) is 92.5 Å². The SMILES string of the molecule is C.C.C.C=CCC1(C)/C(=C\C)c2ccccc2C12c1ccccc1-c1ccccc12.CC.CC. The molecule has 3 aromatic carbocycles. The predicted octanol–water partition coefficient (Wildman–Crippen LogP) is 11.0. The van der Waals surface area contributed by atoms with Crippen molar-refractivity contribution in [3.63, 3.8) is 0 Å². The van der Waals surface area contributed by atoms with Gasteiger partial charge in [0.25, 0.3) is 0 Å². The number of allylic oxidation sites excluding steroid dienone is 3. The first kappa shape index (κ1) is 31.1. The van der Waals surface area contributed by atoms with Gasteiger partial charge in [-0.2, -0.15) is 0 Å². The molecule has 0 fully saturated rings. The third kappa shape index (κ3) is 3.88. The summed E-state index contributed by atoms with van der Waals surface area (Å²) in [5.74, 6) is 0. The van der Waals surface area contributed by atoms with E-state index in [1.807, 2.05) is 27.7 Å². The summed E-state index contributed by atoms with van der Waals surface area (Å²) in [5, 5.41) is 0. The van der Waals surface area contributed by atoms with Gasteiger partial charge in [0.15, 0.2) is 0 Å². The molecule has 0 radical (unpaired) electrons. The number of hydrogen-bond donors (Lipinski definition) is 0. The van der Waals surface area contributed by atoms with Crippen molar-refractivity contribution in [3.8, 4) is 11.1 Å². The average molecular weight is 457 g/mol. The van der Waals surface area contributed by atoms with Crippen LogP contribution in [-0.4, -0.2) is 0 Å². The van der Waals surface area contributed by atoms with Crippen LogP contribution in [0.5, 0.6) is 0 Å². The third-order valence-corrected chi connectivity index (χ3v) is 6.84. The van der Waals surface area contributed by atoms with Crippen molar-refractivity contribution in [1.82, 2.24) is 0 Å². The molecule has 5 rings (SSSR count). The third-order valence-electron chi connectivity index (χ3n) is 6.84. The van der Waals surface area contributed by atoms with E-state index in [9.17, 15) is 0 Å². The molecule has 0 bridgehead atoms. The number of benzene rings is 3. The van der Waals surface area contributed by atoms with Gasteiger partial charge in [-0.05, 0) is 52.3 Å². The monoisotopic (exact) mass is 456 g/mol. The Balaban J connectivity index is 0.00000148. The van der Waals surface area contributed by atoms with E-state index in [1.165, 1.54) is 39.0 Å². The van der Waals surface area contributed by atoms with E-state index in [1.54, 1.807) is 0 Å². The molecule has 0 saturated heterocycles. The Morgan fingerprint density at radius 3 is 1.38 bits per heavy atom. The Bertz CT molecular complexity index is 1050. The van der Waals surface area contributed by atoms with Crippen molar-refractivity contribution >= 4 is 5.57 Å². The zero-order valence-corrected chi connectivity index (χ0v) is 20.0. The van der Waals surface area contributed by atoms with Crippen molar-refractivity contribution in [3.05, 3.63) is 114 Å². The lowest BCUT2D eigenvalue weighted by atomic mass is 9.57. The fraction of sp³-hybridized carbons (Fsp3) is 0.353. The van der Waals surface area contributed by atoms with E-state index in [2.05, 4.69) is 105 Å². The van der Waals surface area contributed by atoms with Gasteiger partial charge in [-0.15, -0.1) is 6.58 Å². The molecule has 2 aliphatic rings. The largest absolute Gasteiger partial charge is 0.103 e. The molecule has 3 aromatic rings. The molecule has 2 aliphatic carbocycles. The highest BCUT2D eigenvalue weighted by Gasteiger charge is 2.61. The van der Waals surface area contributed by atoms with Crippen molar-refractivity contribution in [1.29, 1.82) is 0 Å². The maximum Gasteiger partial charge on any atom is 0.0566 e. The highest BCUT2D eigenvalue weighted by Crippen LogP contribution is 2.70. The zero-order valence-electron chi connectivity index (χ0n) is 20.0.